The zero-order chi connectivity index (χ0) is 10.8. The lowest BCUT2D eigenvalue weighted by Crippen LogP contribution is -2.34. The normalized spacial score (nSPS) is 25.5. The minimum Gasteiger partial charge on any atom is -0.298 e. The van der Waals surface area contributed by atoms with Crippen LogP contribution in [0.2, 0.25) is 0 Å². The van der Waals surface area contributed by atoms with Crippen molar-refractivity contribution < 1.29 is 8.42 Å². The van der Waals surface area contributed by atoms with Crippen LogP contribution < -0.4 is 0 Å². The summed E-state index contributed by atoms with van der Waals surface area (Å²) in [6, 6.07) is 0.139. The summed E-state index contributed by atoms with van der Waals surface area (Å²) in [4.78, 5) is 2.02. The van der Waals surface area contributed by atoms with Gasteiger partial charge in [0.25, 0.3) is 0 Å². The molecule has 1 atom stereocenters. The lowest BCUT2D eigenvalue weighted by molar-refractivity contribution is 0.284. The molecule has 1 unspecified atom stereocenters. The molecule has 0 amide bonds. The fraction of sp³-hybridized carbons (Fsp3) is 0.778. The van der Waals surface area contributed by atoms with Gasteiger partial charge in [-0.1, -0.05) is 6.58 Å². The van der Waals surface area contributed by atoms with Crippen molar-refractivity contribution in [2.24, 2.45) is 0 Å². The van der Waals surface area contributed by atoms with Gasteiger partial charge in [-0.15, -0.1) is 11.6 Å². The van der Waals surface area contributed by atoms with Crippen LogP contribution in [0, 0.1) is 0 Å². The molecule has 0 bridgehead atoms. The Morgan fingerprint density at radius 2 is 2.29 bits per heavy atom. The van der Waals surface area contributed by atoms with E-state index in [4.69, 9.17) is 11.6 Å². The largest absolute Gasteiger partial charge is 0.298 e. The summed E-state index contributed by atoms with van der Waals surface area (Å²) in [5.74, 6) is 1.03. The molecule has 0 aromatic heterocycles. The van der Waals surface area contributed by atoms with Crippen LogP contribution in [0.4, 0.5) is 0 Å². The molecule has 0 spiro atoms. The number of sulfone groups is 1. The molecule has 1 saturated heterocycles. The summed E-state index contributed by atoms with van der Waals surface area (Å²) in [5.41, 5.74) is 0.929. The molecule has 0 aliphatic carbocycles. The monoisotopic (exact) mass is 237 g/mol. The maximum atomic E-state index is 11.2. The quantitative estimate of drug-likeness (QED) is 0.539. The number of alkyl halides is 1. The highest BCUT2D eigenvalue weighted by molar-refractivity contribution is 7.91. The van der Waals surface area contributed by atoms with Crippen LogP contribution in [0.15, 0.2) is 12.2 Å². The predicted molar refractivity (Wildman–Crippen MR) is 59.5 cm³/mol. The van der Waals surface area contributed by atoms with Gasteiger partial charge in [0.2, 0.25) is 0 Å². The van der Waals surface area contributed by atoms with Gasteiger partial charge < -0.3 is 0 Å². The summed E-state index contributed by atoms with van der Waals surface area (Å²) >= 11 is 5.61. The molecule has 1 rings (SSSR count). The third kappa shape index (κ3) is 3.26. The highest BCUT2D eigenvalue weighted by Crippen LogP contribution is 2.17. The SMILES string of the molecule is C=C(CCl)CN(C)C1CCS(=O)(=O)C1. The highest BCUT2D eigenvalue weighted by Gasteiger charge is 2.30. The van der Waals surface area contributed by atoms with Gasteiger partial charge >= 0.3 is 0 Å². The topological polar surface area (TPSA) is 37.4 Å². The van der Waals surface area contributed by atoms with Crippen LogP contribution in [0.3, 0.4) is 0 Å². The van der Waals surface area contributed by atoms with Crippen molar-refractivity contribution in [3.8, 4) is 0 Å². The number of hydrogen-bond acceptors (Lipinski definition) is 3. The third-order valence-corrected chi connectivity index (χ3v) is 4.62. The molecule has 3 nitrogen and oxygen atoms in total. The van der Waals surface area contributed by atoms with Crippen molar-refractivity contribution in [1.82, 2.24) is 4.90 Å². The number of likely N-dealkylation sites (N-methyl/N-ethyl adjacent to an activating group) is 1. The van der Waals surface area contributed by atoms with E-state index in [2.05, 4.69) is 6.58 Å². The minimum atomic E-state index is -2.79. The lowest BCUT2D eigenvalue weighted by Gasteiger charge is -2.23. The van der Waals surface area contributed by atoms with Crippen molar-refractivity contribution >= 4 is 21.4 Å². The molecule has 1 aliphatic rings. The Labute approximate surface area is 90.7 Å². The first-order chi connectivity index (χ1) is 6.44. The maximum absolute atomic E-state index is 11.2. The van der Waals surface area contributed by atoms with E-state index in [1.165, 1.54) is 0 Å². The van der Waals surface area contributed by atoms with Gasteiger partial charge in [0.15, 0.2) is 9.84 Å². The van der Waals surface area contributed by atoms with E-state index in [-0.39, 0.29) is 11.8 Å². The average molecular weight is 238 g/mol. The Morgan fingerprint density at radius 1 is 1.64 bits per heavy atom. The number of nitrogens with zero attached hydrogens (tertiary/aromatic N) is 1. The first-order valence-electron chi connectivity index (χ1n) is 4.58. The predicted octanol–water partition coefficient (Wildman–Crippen LogP) is 0.900. The van der Waals surface area contributed by atoms with E-state index >= 15 is 0 Å². The Kier molecular flexibility index (Phi) is 3.98. The summed E-state index contributed by atoms with van der Waals surface area (Å²) in [5, 5.41) is 0. The van der Waals surface area contributed by atoms with E-state index in [9.17, 15) is 8.42 Å². The summed E-state index contributed by atoms with van der Waals surface area (Å²) < 4.78 is 22.5. The lowest BCUT2D eigenvalue weighted by atomic mass is 10.2. The molecule has 0 aromatic carbocycles. The third-order valence-electron chi connectivity index (χ3n) is 2.49. The molecule has 5 heteroatoms. The van der Waals surface area contributed by atoms with E-state index < -0.39 is 9.84 Å². The summed E-state index contributed by atoms with van der Waals surface area (Å²) in [6.45, 7) is 4.48. The molecule has 1 heterocycles. The van der Waals surface area contributed by atoms with Gasteiger partial charge in [-0.3, -0.25) is 4.90 Å². The second kappa shape index (κ2) is 4.64. The van der Waals surface area contributed by atoms with E-state index in [1.54, 1.807) is 0 Å². The second-order valence-electron chi connectivity index (χ2n) is 3.86. The molecule has 14 heavy (non-hydrogen) atoms. The summed E-state index contributed by atoms with van der Waals surface area (Å²) in [6.07, 6.45) is 0.731. The first-order valence-corrected chi connectivity index (χ1v) is 6.93. The number of halogens is 1. The van der Waals surface area contributed by atoms with Gasteiger partial charge in [0, 0.05) is 18.5 Å². The van der Waals surface area contributed by atoms with Crippen LogP contribution in [0.1, 0.15) is 6.42 Å². The van der Waals surface area contributed by atoms with E-state index in [1.807, 2.05) is 11.9 Å². The van der Waals surface area contributed by atoms with E-state index in [0.717, 1.165) is 12.0 Å². The zero-order valence-electron chi connectivity index (χ0n) is 8.37. The molecule has 1 fully saturated rings. The average Bonchev–Trinajstić information content (AvgIpc) is 2.46. The van der Waals surface area contributed by atoms with Gasteiger partial charge in [-0.05, 0) is 19.0 Å². The molecule has 82 valence electrons. The van der Waals surface area contributed by atoms with Crippen molar-refractivity contribution in [2.75, 3.05) is 31.0 Å². The van der Waals surface area contributed by atoms with Crippen molar-refractivity contribution in [3.63, 3.8) is 0 Å². The Hall–Kier alpha value is -0.0600. The molecule has 0 saturated carbocycles. The smallest absolute Gasteiger partial charge is 0.151 e. The first kappa shape index (κ1) is 12.0. The Bertz CT molecular complexity index is 313. The van der Waals surface area contributed by atoms with Crippen LogP contribution in [0.5, 0.6) is 0 Å². The van der Waals surface area contributed by atoms with Crippen molar-refractivity contribution in [3.05, 3.63) is 12.2 Å². The van der Waals surface area contributed by atoms with Gasteiger partial charge in [0.1, 0.15) is 0 Å². The zero-order valence-corrected chi connectivity index (χ0v) is 9.94. The van der Waals surface area contributed by atoms with Crippen molar-refractivity contribution in [1.29, 1.82) is 0 Å². The molecule has 1 aliphatic heterocycles. The van der Waals surface area contributed by atoms with E-state index in [0.29, 0.717) is 18.2 Å². The Morgan fingerprint density at radius 3 is 2.71 bits per heavy atom. The molecular formula is C9H16ClNO2S. The molecule has 0 N–H and O–H groups in total. The standard InChI is InChI=1S/C9H16ClNO2S/c1-8(5-10)6-11(2)9-3-4-14(12,13)7-9/h9H,1,3-7H2,2H3. The van der Waals surface area contributed by atoms with Crippen molar-refractivity contribution in [2.45, 2.75) is 12.5 Å². The fourth-order valence-electron chi connectivity index (χ4n) is 1.65. The van der Waals surface area contributed by atoms with Gasteiger partial charge in [-0.2, -0.15) is 0 Å². The molecular weight excluding hydrogens is 222 g/mol. The fourth-order valence-corrected chi connectivity index (χ4v) is 3.54. The van der Waals surface area contributed by atoms with Crippen LogP contribution in [0.25, 0.3) is 0 Å². The highest BCUT2D eigenvalue weighted by atomic mass is 35.5. The molecule has 0 aromatic rings. The van der Waals surface area contributed by atoms with Gasteiger partial charge in [-0.25, -0.2) is 8.42 Å². The summed E-state index contributed by atoms with van der Waals surface area (Å²) in [7, 11) is -0.867. The molecule has 0 radical (unpaired) electrons. The van der Waals surface area contributed by atoms with Gasteiger partial charge in [0.05, 0.1) is 11.5 Å². The number of rotatable bonds is 4. The van der Waals surface area contributed by atoms with Crippen LogP contribution in [-0.4, -0.2) is 50.3 Å². The number of hydrogen-bond donors (Lipinski definition) is 0. The van der Waals surface area contributed by atoms with Crippen LogP contribution in [-0.2, 0) is 9.84 Å². The maximum Gasteiger partial charge on any atom is 0.151 e. The Balaban J connectivity index is 2.47. The minimum absolute atomic E-state index is 0.139. The van der Waals surface area contributed by atoms with Crippen LogP contribution >= 0.6 is 11.6 Å². The second-order valence-corrected chi connectivity index (χ2v) is 6.35.